The molecule has 0 aliphatic rings. The molecule has 2 aromatic rings. The number of carbonyl (C=O) groups is 1. The Bertz CT molecular complexity index is 679. The van der Waals surface area contributed by atoms with E-state index in [1.54, 1.807) is 11.6 Å². The average molecular weight is 290 g/mol. The van der Waals surface area contributed by atoms with Crippen LogP contribution in [0.2, 0.25) is 0 Å². The van der Waals surface area contributed by atoms with Crippen LogP contribution in [0.1, 0.15) is 28.7 Å². The Hall–Kier alpha value is -2.57. The fourth-order valence-corrected chi connectivity index (χ4v) is 1.90. The van der Waals surface area contributed by atoms with Gasteiger partial charge in [-0.25, -0.2) is 9.78 Å². The number of esters is 1. The normalized spacial score (nSPS) is 10.5. The van der Waals surface area contributed by atoms with Gasteiger partial charge in [0.1, 0.15) is 11.3 Å². The molecule has 7 nitrogen and oxygen atoms in total. The van der Waals surface area contributed by atoms with Crippen LogP contribution in [0.4, 0.5) is 5.69 Å². The highest BCUT2D eigenvalue weighted by molar-refractivity contribution is 5.92. The number of rotatable bonds is 4. The van der Waals surface area contributed by atoms with Gasteiger partial charge in [0.2, 0.25) is 5.88 Å². The number of nitrogens with two attached hydrogens (primary N) is 1. The number of ether oxygens (including phenoxy) is 2. The molecule has 0 fully saturated rings. The first-order chi connectivity index (χ1) is 9.93. The molecule has 0 amide bonds. The Morgan fingerprint density at radius 3 is 2.71 bits per heavy atom. The van der Waals surface area contributed by atoms with Crippen LogP contribution in [0.5, 0.6) is 11.6 Å². The Morgan fingerprint density at radius 2 is 2.14 bits per heavy atom. The van der Waals surface area contributed by atoms with Gasteiger partial charge in [-0.1, -0.05) is 0 Å². The monoisotopic (exact) mass is 290 g/mol. The van der Waals surface area contributed by atoms with E-state index < -0.39 is 5.97 Å². The van der Waals surface area contributed by atoms with Crippen molar-refractivity contribution >= 4 is 11.7 Å². The van der Waals surface area contributed by atoms with E-state index in [0.29, 0.717) is 17.1 Å². The molecule has 0 aliphatic heterocycles. The van der Waals surface area contributed by atoms with E-state index in [4.69, 9.17) is 15.2 Å². The maximum atomic E-state index is 12.0. The molecule has 112 valence electrons. The predicted molar refractivity (Wildman–Crippen MR) is 77.4 cm³/mol. The first kappa shape index (κ1) is 14.8. The molecular weight excluding hydrogens is 272 g/mol. The third kappa shape index (κ3) is 2.96. The molecule has 7 heteroatoms. The lowest BCUT2D eigenvalue weighted by Gasteiger charge is -2.10. The Morgan fingerprint density at radius 1 is 1.43 bits per heavy atom. The van der Waals surface area contributed by atoms with E-state index in [0.717, 1.165) is 5.69 Å². The highest BCUT2D eigenvalue weighted by Crippen LogP contribution is 2.29. The maximum Gasteiger partial charge on any atom is 0.343 e. The van der Waals surface area contributed by atoms with E-state index in [1.165, 1.54) is 12.3 Å². The van der Waals surface area contributed by atoms with Crippen molar-refractivity contribution in [3.05, 3.63) is 29.2 Å². The fourth-order valence-electron chi connectivity index (χ4n) is 1.90. The van der Waals surface area contributed by atoms with Gasteiger partial charge >= 0.3 is 5.97 Å². The van der Waals surface area contributed by atoms with Crippen molar-refractivity contribution in [2.75, 3.05) is 12.3 Å². The highest BCUT2D eigenvalue weighted by atomic mass is 16.5. The van der Waals surface area contributed by atoms with Crippen LogP contribution in [-0.4, -0.2) is 27.3 Å². The van der Waals surface area contributed by atoms with Gasteiger partial charge in [-0.15, -0.1) is 0 Å². The summed E-state index contributed by atoms with van der Waals surface area (Å²) in [5.74, 6) is 0.202. The number of pyridine rings is 1. The standard InChI is InChI=1S/C14H18N4O3/c1-5-20-14(19)11-6-10(15)7-16-13(11)21-12-8(2)17-18(4)9(12)3/h6-7H,5,15H2,1-4H3. The van der Waals surface area contributed by atoms with Gasteiger partial charge in [0.05, 0.1) is 24.2 Å². The molecule has 0 saturated carbocycles. The van der Waals surface area contributed by atoms with Gasteiger partial charge in [0, 0.05) is 7.05 Å². The van der Waals surface area contributed by atoms with Gasteiger partial charge in [-0.3, -0.25) is 4.68 Å². The minimum Gasteiger partial charge on any atom is -0.462 e. The number of anilines is 1. The molecule has 0 aliphatic carbocycles. The Labute approximate surface area is 122 Å². The third-order valence-electron chi connectivity index (χ3n) is 3.01. The third-order valence-corrected chi connectivity index (χ3v) is 3.01. The quantitative estimate of drug-likeness (QED) is 0.866. The minimum atomic E-state index is -0.522. The fraction of sp³-hybridized carbons (Fsp3) is 0.357. The van der Waals surface area contributed by atoms with Crippen molar-refractivity contribution in [3.8, 4) is 11.6 Å². The number of hydrogen-bond acceptors (Lipinski definition) is 6. The van der Waals surface area contributed by atoms with Crippen LogP contribution in [0.3, 0.4) is 0 Å². The minimum absolute atomic E-state index is 0.154. The van der Waals surface area contributed by atoms with Crippen LogP contribution in [0, 0.1) is 13.8 Å². The molecule has 2 rings (SSSR count). The van der Waals surface area contributed by atoms with Crippen LogP contribution >= 0.6 is 0 Å². The van der Waals surface area contributed by atoms with Crippen molar-refractivity contribution < 1.29 is 14.3 Å². The molecule has 2 N–H and O–H groups in total. The SMILES string of the molecule is CCOC(=O)c1cc(N)cnc1Oc1c(C)nn(C)c1C. The van der Waals surface area contributed by atoms with E-state index in [9.17, 15) is 4.79 Å². The van der Waals surface area contributed by atoms with E-state index >= 15 is 0 Å². The van der Waals surface area contributed by atoms with Crippen molar-refractivity contribution in [3.63, 3.8) is 0 Å². The summed E-state index contributed by atoms with van der Waals surface area (Å²) < 4.78 is 12.5. The van der Waals surface area contributed by atoms with Crippen LogP contribution in [-0.2, 0) is 11.8 Å². The highest BCUT2D eigenvalue weighted by Gasteiger charge is 2.19. The number of hydrogen-bond donors (Lipinski definition) is 1. The summed E-state index contributed by atoms with van der Waals surface area (Å²) in [5, 5.41) is 4.26. The first-order valence-corrected chi connectivity index (χ1v) is 6.54. The summed E-state index contributed by atoms with van der Waals surface area (Å²) in [5.41, 5.74) is 7.78. The summed E-state index contributed by atoms with van der Waals surface area (Å²) in [6, 6.07) is 1.49. The predicted octanol–water partition coefficient (Wildman–Crippen LogP) is 1.98. The number of nitrogen functional groups attached to an aromatic ring is 1. The van der Waals surface area contributed by atoms with Crippen molar-refractivity contribution in [1.82, 2.24) is 14.8 Å². The smallest absolute Gasteiger partial charge is 0.343 e. The van der Waals surface area contributed by atoms with Gasteiger partial charge in [-0.05, 0) is 26.8 Å². The zero-order valence-electron chi connectivity index (χ0n) is 12.5. The second-order valence-corrected chi connectivity index (χ2v) is 4.57. The molecule has 0 saturated heterocycles. The second-order valence-electron chi connectivity index (χ2n) is 4.57. The zero-order valence-corrected chi connectivity index (χ0v) is 12.5. The number of carbonyl (C=O) groups excluding carboxylic acids is 1. The number of aromatic nitrogens is 3. The van der Waals surface area contributed by atoms with E-state index in [2.05, 4.69) is 10.1 Å². The molecule has 0 unspecified atom stereocenters. The van der Waals surface area contributed by atoms with Gasteiger partial charge < -0.3 is 15.2 Å². The molecule has 0 atom stereocenters. The van der Waals surface area contributed by atoms with Crippen molar-refractivity contribution in [2.45, 2.75) is 20.8 Å². The molecule has 0 radical (unpaired) electrons. The molecule has 2 aromatic heterocycles. The van der Waals surface area contributed by atoms with Gasteiger partial charge in [-0.2, -0.15) is 5.10 Å². The summed E-state index contributed by atoms with van der Waals surface area (Å²) >= 11 is 0. The van der Waals surface area contributed by atoms with E-state index in [1.807, 2.05) is 20.9 Å². The summed E-state index contributed by atoms with van der Waals surface area (Å²) in [7, 11) is 1.82. The molecular formula is C14H18N4O3. The van der Waals surface area contributed by atoms with Crippen LogP contribution < -0.4 is 10.5 Å². The molecule has 2 heterocycles. The van der Waals surface area contributed by atoms with Crippen LogP contribution in [0.25, 0.3) is 0 Å². The molecule has 0 bridgehead atoms. The largest absolute Gasteiger partial charge is 0.462 e. The van der Waals surface area contributed by atoms with E-state index in [-0.39, 0.29) is 18.1 Å². The molecule has 21 heavy (non-hydrogen) atoms. The topological polar surface area (TPSA) is 92.3 Å². The summed E-state index contributed by atoms with van der Waals surface area (Å²) in [6.07, 6.45) is 1.43. The van der Waals surface area contributed by atoms with Crippen molar-refractivity contribution in [2.24, 2.45) is 7.05 Å². The number of aryl methyl sites for hydroxylation is 2. The lowest BCUT2D eigenvalue weighted by molar-refractivity contribution is 0.0522. The zero-order chi connectivity index (χ0) is 15.6. The lowest BCUT2D eigenvalue weighted by Crippen LogP contribution is -2.08. The van der Waals surface area contributed by atoms with Crippen molar-refractivity contribution in [1.29, 1.82) is 0 Å². The number of nitrogens with zero attached hydrogens (tertiary/aromatic N) is 3. The summed E-state index contributed by atoms with van der Waals surface area (Å²) in [4.78, 5) is 16.0. The second kappa shape index (κ2) is 5.82. The molecule has 0 spiro atoms. The lowest BCUT2D eigenvalue weighted by atomic mass is 10.2. The Kier molecular flexibility index (Phi) is 4.11. The van der Waals surface area contributed by atoms with Crippen LogP contribution in [0.15, 0.2) is 12.3 Å². The molecule has 0 aromatic carbocycles. The maximum absolute atomic E-state index is 12.0. The van der Waals surface area contributed by atoms with Gasteiger partial charge in [0.25, 0.3) is 0 Å². The van der Waals surface area contributed by atoms with Gasteiger partial charge in [0.15, 0.2) is 5.75 Å². The Balaban J connectivity index is 2.42. The summed E-state index contributed by atoms with van der Waals surface area (Å²) in [6.45, 7) is 5.69. The first-order valence-electron chi connectivity index (χ1n) is 6.54. The average Bonchev–Trinajstić information content (AvgIpc) is 2.67.